The maximum Gasteiger partial charge on any atom is 0.134 e. The lowest BCUT2D eigenvalue weighted by atomic mass is 9.99. The molecule has 88 valence electrons. The standard InChI is InChI=1S/C14H16N2O/c1-10(14-9-11(2)17-16-14)8-13(15)12-6-4-3-5-7-12/h3-7,9,13H,1,8,15H2,2H3. The molecule has 0 aliphatic carbocycles. The molecule has 1 aromatic carbocycles. The van der Waals surface area contributed by atoms with Crippen molar-refractivity contribution in [3.63, 3.8) is 0 Å². The molecule has 17 heavy (non-hydrogen) atoms. The Morgan fingerprint density at radius 2 is 2.12 bits per heavy atom. The Kier molecular flexibility index (Phi) is 3.40. The predicted molar refractivity (Wildman–Crippen MR) is 68.3 cm³/mol. The Bertz CT molecular complexity index is 502. The SMILES string of the molecule is C=C(CC(N)c1ccccc1)c1cc(C)on1. The summed E-state index contributed by atoms with van der Waals surface area (Å²) in [5, 5.41) is 3.93. The van der Waals surface area contributed by atoms with E-state index in [1.807, 2.05) is 43.3 Å². The van der Waals surface area contributed by atoms with Gasteiger partial charge in [0.2, 0.25) is 0 Å². The van der Waals surface area contributed by atoms with Crippen molar-refractivity contribution in [3.8, 4) is 0 Å². The van der Waals surface area contributed by atoms with Gasteiger partial charge in [0, 0.05) is 12.1 Å². The Balaban J connectivity index is 2.04. The Hall–Kier alpha value is -1.87. The first-order valence-corrected chi connectivity index (χ1v) is 5.59. The van der Waals surface area contributed by atoms with Gasteiger partial charge in [0.15, 0.2) is 0 Å². The highest BCUT2D eigenvalue weighted by Crippen LogP contribution is 2.23. The van der Waals surface area contributed by atoms with Crippen molar-refractivity contribution in [2.24, 2.45) is 5.73 Å². The van der Waals surface area contributed by atoms with Crippen LogP contribution in [0.25, 0.3) is 5.57 Å². The lowest BCUT2D eigenvalue weighted by Crippen LogP contribution is -2.10. The van der Waals surface area contributed by atoms with Crippen LogP contribution < -0.4 is 5.73 Å². The number of rotatable bonds is 4. The van der Waals surface area contributed by atoms with Gasteiger partial charge < -0.3 is 10.3 Å². The van der Waals surface area contributed by atoms with Gasteiger partial charge >= 0.3 is 0 Å². The summed E-state index contributed by atoms with van der Waals surface area (Å²) >= 11 is 0. The molecule has 0 aliphatic rings. The summed E-state index contributed by atoms with van der Waals surface area (Å²) in [4.78, 5) is 0. The molecule has 1 atom stereocenters. The number of benzene rings is 1. The Labute approximate surface area is 101 Å². The van der Waals surface area contributed by atoms with Crippen LogP contribution in [0, 0.1) is 6.92 Å². The molecule has 2 aromatic rings. The molecule has 3 heteroatoms. The van der Waals surface area contributed by atoms with Gasteiger partial charge in [-0.25, -0.2) is 0 Å². The van der Waals surface area contributed by atoms with E-state index in [-0.39, 0.29) is 6.04 Å². The lowest BCUT2D eigenvalue weighted by Gasteiger charge is -2.12. The average Bonchev–Trinajstić information content (AvgIpc) is 2.77. The van der Waals surface area contributed by atoms with E-state index in [9.17, 15) is 0 Å². The monoisotopic (exact) mass is 228 g/mol. The summed E-state index contributed by atoms with van der Waals surface area (Å²) in [5.41, 5.74) is 8.91. The summed E-state index contributed by atoms with van der Waals surface area (Å²) in [7, 11) is 0. The number of hydrogen-bond donors (Lipinski definition) is 1. The molecule has 2 rings (SSSR count). The number of aryl methyl sites for hydroxylation is 1. The van der Waals surface area contributed by atoms with Gasteiger partial charge in [-0.3, -0.25) is 0 Å². The van der Waals surface area contributed by atoms with Gasteiger partial charge in [0.1, 0.15) is 11.5 Å². The van der Waals surface area contributed by atoms with Gasteiger partial charge in [-0.2, -0.15) is 0 Å². The number of nitrogens with two attached hydrogens (primary N) is 1. The van der Waals surface area contributed by atoms with E-state index in [1.54, 1.807) is 0 Å². The number of aromatic nitrogens is 1. The minimum absolute atomic E-state index is 0.0549. The first kappa shape index (κ1) is 11.6. The Morgan fingerprint density at radius 3 is 2.71 bits per heavy atom. The Morgan fingerprint density at radius 1 is 1.41 bits per heavy atom. The summed E-state index contributed by atoms with van der Waals surface area (Å²) in [6, 6.07) is 11.8. The lowest BCUT2D eigenvalue weighted by molar-refractivity contribution is 0.395. The van der Waals surface area contributed by atoms with E-state index in [2.05, 4.69) is 11.7 Å². The van der Waals surface area contributed by atoms with Crippen molar-refractivity contribution in [2.75, 3.05) is 0 Å². The third kappa shape index (κ3) is 2.82. The zero-order valence-electron chi connectivity index (χ0n) is 9.89. The van der Waals surface area contributed by atoms with Crippen LogP contribution in [0.2, 0.25) is 0 Å². The molecule has 1 heterocycles. The van der Waals surface area contributed by atoms with E-state index >= 15 is 0 Å². The molecule has 0 fully saturated rings. The molecular formula is C14H16N2O. The fourth-order valence-corrected chi connectivity index (χ4v) is 1.72. The second kappa shape index (κ2) is 4.97. The summed E-state index contributed by atoms with van der Waals surface area (Å²) < 4.78 is 5.02. The van der Waals surface area contributed by atoms with Crippen molar-refractivity contribution in [2.45, 2.75) is 19.4 Å². The third-order valence-corrected chi connectivity index (χ3v) is 2.68. The minimum atomic E-state index is -0.0549. The van der Waals surface area contributed by atoms with Gasteiger partial charge in [-0.15, -0.1) is 0 Å². The average molecular weight is 228 g/mol. The second-order valence-electron chi connectivity index (χ2n) is 4.15. The van der Waals surface area contributed by atoms with Crippen molar-refractivity contribution in [1.29, 1.82) is 0 Å². The van der Waals surface area contributed by atoms with Crippen LogP contribution in [0.5, 0.6) is 0 Å². The maximum atomic E-state index is 6.12. The molecule has 0 amide bonds. The molecule has 3 nitrogen and oxygen atoms in total. The molecule has 0 saturated carbocycles. The van der Waals surface area contributed by atoms with Crippen molar-refractivity contribution in [3.05, 3.63) is 60.0 Å². The van der Waals surface area contributed by atoms with Crippen LogP contribution in [-0.2, 0) is 0 Å². The molecule has 0 aliphatic heterocycles. The van der Waals surface area contributed by atoms with Gasteiger partial charge in [0.25, 0.3) is 0 Å². The van der Waals surface area contributed by atoms with E-state index < -0.39 is 0 Å². The number of nitrogens with zero attached hydrogens (tertiary/aromatic N) is 1. The predicted octanol–water partition coefficient (Wildman–Crippen LogP) is 3.09. The van der Waals surface area contributed by atoms with Crippen LogP contribution in [-0.4, -0.2) is 5.16 Å². The fourth-order valence-electron chi connectivity index (χ4n) is 1.72. The van der Waals surface area contributed by atoms with E-state index in [1.165, 1.54) is 0 Å². The van der Waals surface area contributed by atoms with Gasteiger partial charge in [-0.05, 0) is 24.5 Å². The molecule has 2 N–H and O–H groups in total. The highest BCUT2D eigenvalue weighted by molar-refractivity contribution is 5.60. The molecule has 0 bridgehead atoms. The van der Waals surface area contributed by atoms with E-state index in [0.717, 1.165) is 22.6 Å². The minimum Gasteiger partial charge on any atom is -0.361 e. The van der Waals surface area contributed by atoms with Crippen molar-refractivity contribution < 1.29 is 4.52 Å². The largest absolute Gasteiger partial charge is 0.361 e. The summed E-state index contributed by atoms with van der Waals surface area (Å²) in [6.07, 6.45) is 0.677. The van der Waals surface area contributed by atoms with E-state index in [4.69, 9.17) is 10.3 Å². The molecule has 0 spiro atoms. The van der Waals surface area contributed by atoms with Gasteiger partial charge in [0.05, 0.1) is 0 Å². The van der Waals surface area contributed by atoms with Crippen LogP contribution in [0.1, 0.15) is 29.5 Å². The zero-order valence-corrected chi connectivity index (χ0v) is 9.89. The van der Waals surface area contributed by atoms with Crippen molar-refractivity contribution in [1.82, 2.24) is 5.16 Å². The fraction of sp³-hybridized carbons (Fsp3) is 0.214. The zero-order chi connectivity index (χ0) is 12.3. The number of hydrogen-bond acceptors (Lipinski definition) is 3. The first-order chi connectivity index (χ1) is 8.16. The third-order valence-electron chi connectivity index (χ3n) is 2.68. The highest BCUT2D eigenvalue weighted by Gasteiger charge is 2.11. The molecule has 1 aromatic heterocycles. The smallest absolute Gasteiger partial charge is 0.134 e. The first-order valence-electron chi connectivity index (χ1n) is 5.59. The topological polar surface area (TPSA) is 52.0 Å². The van der Waals surface area contributed by atoms with Gasteiger partial charge in [-0.1, -0.05) is 42.1 Å². The normalized spacial score (nSPS) is 12.4. The summed E-state index contributed by atoms with van der Waals surface area (Å²) in [5.74, 6) is 0.787. The van der Waals surface area contributed by atoms with Crippen LogP contribution in [0.15, 0.2) is 47.5 Å². The summed E-state index contributed by atoms with van der Waals surface area (Å²) in [6.45, 7) is 5.86. The van der Waals surface area contributed by atoms with Crippen molar-refractivity contribution >= 4 is 5.57 Å². The molecular weight excluding hydrogens is 212 g/mol. The van der Waals surface area contributed by atoms with Crippen LogP contribution in [0.4, 0.5) is 0 Å². The maximum absolute atomic E-state index is 6.12. The molecule has 0 saturated heterocycles. The highest BCUT2D eigenvalue weighted by atomic mass is 16.5. The second-order valence-corrected chi connectivity index (χ2v) is 4.15. The van der Waals surface area contributed by atoms with Crippen LogP contribution in [0.3, 0.4) is 0 Å². The molecule has 0 radical (unpaired) electrons. The van der Waals surface area contributed by atoms with E-state index in [0.29, 0.717) is 6.42 Å². The quantitative estimate of drug-likeness (QED) is 0.874. The van der Waals surface area contributed by atoms with Crippen LogP contribution >= 0.6 is 0 Å². The molecule has 1 unspecified atom stereocenters.